The first kappa shape index (κ1) is 22.0. The lowest BCUT2D eigenvalue weighted by atomic mass is 9.72. The largest absolute Gasteiger partial charge is 0.372 e. The van der Waals surface area contributed by atoms with Gasteiger partial charge in [0, 0.05) is 66.0 Å². The molecule has 0 bridgehead atoms. The molecule has 0 aromatic heterocycles. The highest BCUT2D eigenvalue weighted by Gasteiger charge is 2.90. The molecule has 6 unspecified atom stereocenters. The highest BCUT2D eigenvalue weighted by molar-refractivity contribution is 7.48. The fraction of sp³-hybridized carbons (Fsp3) is 1.00. The first-order chi connectivity index (χ1) is 14.9. The van der Waals surface area contributed by atoms with Gasteiger partial charge in [0.15, 0.2) is 11.2 Å². The van der Waals surface area contributed by atoms with Gasteiger partial charge in [-0.25, -0.2) is 0 Å². The third-order valence-corrected chi connectivity index (χ3v) is 16.2. The molecule has 6 heterocycles. The maximum absolute atomic E-state index is 7.61. The SMILES string of the molecule is COC1(C2(C3([Si](Cl)(Cl)C4(C5(C6(OC)CCO6)CCO5)CCO4)CCO3)CCO2)CCO1. The lowest BCUT2D eigenvalue weighted by Gasteiger charge is -2.75. The maximum atomic E-state index is 7.61. The molecule has 8 nitrogen and oxygen atoms in total. The van der Waals surface area contributed by atoms with Gasteiger partial charge < -0.3 is 37.9 Å². The summed E-state index contributed by atoms with van der Waals surface area (Å²) in [5.74, 6) is -1.84. The van der Waals surface area contributed by atoms with E-state index < -0.39 is 39.9 Å². The Kier molecular flexibility index (Phi) is 4.81. The fourth-order valence-corrected chi connectivity index (χ4v) is 14.4. The Morgan fingerprint density at radius 1 is 0.548 bits per heavy atom. The predicted molar refractivity (Wildman–Crippen MR) is 111 cm³/mol. The van der Waals surface area contributed by atoms with Gasteiger partial charge in [0.2, 0.25) is 11.6 Å². The standard InChI is InChI=1S/C20H30Cl2O8Si/c1-23-17(5-11-27-17)15(3-9-25-15)19(7-13-29-19)31(21,22)20(8-14-30-20)16(4-10-26-16)18(24-2)6-12-28-18/h3-14H2,1-2H3. The van der Waals surface area contributed by atoms with Crippen molar-refractivity contribution in [2.75, 3.05) is 53.9 Å². The van der Waals surface area contributed by atoms with E-state index in [1.54, 1.807) is 14.2 Å². The zero-order chi connectivity index (χ0) is 21.6. The van der Waals surface area contributed by atoms with Gasteiger partial charge in [0.25, 0.3) is 0 Å². The Hall–Kier alpha value is 0.477. The highest BCUT2D eigenvalue weighted by Crippen LogP contribution is 2.70. The summed E-state index contributed by atoms with van der Waals surface area (Å²) >= 11 is 15.2. The van der Waals surface area contributed by atoms with E-state index in [9.17, 15) is 0 Å². The van der Waals surface area contributed by atoms with Crippen LogP contribution >= 0.6 is 22.2 Å². The summed E-state index contributed by atoms with van der Waals surface area (Å²) in [7, 11) is 3.30. The van der Waals surface area contributed by atoms with Crippen molar-refractivity contribution in [1.82, 2.24) is 0 Å². The fourth-order valence-electron chi connectivity index (χ4n) is 6.91. The van der Waals surface area contributed by atoms with Crippen LogP contribution in [0.25, 0.3) is 0 Å². The summed E-state index contributed by atoms with van der Waals surface area (Å²) in [6.07, 6.45) is 4.11. The van der Waals surface area contributed by atoms with E-state index in [0.29, 0.717) is 78.2 Å². The third-order valence-electron chi connectivity index (χ3n) is 8.95. The molecule has 0 aromatic carbocycles. The minimum absolute atomic E-state index is 0.551. The van der Waals surface area contributed by atoms with Crippen molar-refractivity contribution < 1.29 is 37.9 Å². The molecule has 0 saturated carbocycles. The van der Waals surface area contributed by atoms with E-state index in [1.165, 1.54) is 0 Å². The Balaban J connectivity index is 1.47. The molecule has 0 radical (unpaired) electrons. The molecular formula is C20H30Cl2O8Si. The summed E-state index contributed by atoms with van der Waals surface area (Å²) < 4.78 is 49.4. The summed E-state index contributed by atoms with van der Waals surface area (Å²) in [6, 6.07) is 0. The molecule has 0 N–H and O–H groups in total. The molecule has 0 aliphatic carbocycles. The Bertz CT molecular complexity index is 668. The van der Waals surface area contributed by atoms with Gasteiger partial charge in [-0.15, -0.1) is 22.2 Å². The Morgan fingerprint density at radius 2 is 0.839 bits per heavy atom. The second-order valence-electron chi connectivity index (χ2n) is 9.39. The molecular weight excluding hydrogens is 467 g/mol. The number of hydrogen-bond acceptors (Lipinski definition) is 8. The van der Waals surface area contributed by atoms with Crippen molar-refractivity contribution in [1.29, 1.82) is 0 Å². The molecule has 11 heteroatoms. The van der Waals surface area contributed by atoms with Gasteiger partial charge in [0.1, 0.15) is 10.4 Å². The molecule has 176 valence electrons. The number of ether oxygens (including phenoxy) is 8. The van der Waals surface area contributed by atoms with E-state index in [1.807, 2.05) is 0 Å². The van der Waals surface area contributed by atoms with Crippen LogP contribution in [0.2, 0.25) is 0 Å². The topological polar surface area (TPSA) is 73.8 Å². The van der Waals surface area contributed by atoms with Gasteiger partial charge >= 0.3 is 6.69 Å². The third kappa shape index (κ3) is 2.10. The molecule has 31 heavy (non-hydrogen) atoms. The van der Waals surface area contributed by atoms with Gasteiger partial charge in [-0.3, -0.25) is 0 Å². The number of halogens is 2. The van der Waals surface area contributed by atoms with Gasteiger partial charge in [-0.2, -0.15) is 0 Å². The van der Waals surface area contributed by atoms with Crippen LogP contribution in [0, 0.1) is 0 Å². The molecule has 6 saturated heterocycles. The van der Waals surface area contributed by atoms with Crippen molar-refractivity contribution in [2.45, 2.75) is 71.7 Å². The average molecular weight is 497 g/mol. The van der Waals surface area contributed by atoms with Crippen LogP contribution in [0.4, 0.5) is 0 Å². The average Bonchev–Trinajstić information content (AvgIpc) is 2.52. The molecule has 6 atom stereocenters. The number of hydrogen-bond donors (Lipinski definition) is 0. The van der Waals surface area contributed by atoms with Gasteiger partial charge in [-0.05, 0) is 0 Å². The molecule has 6 fully saturated rings. The molecule has 6 aliphatic rings. The minimum Gasteiger partial charge on any atom is -0.372 e. The van der Waals surface area contributed by atoms with Gasteiger partial charge in [-0.1, -0.05) is 0 Å². The van der Waals surface area contributed by atoms with E-state index in [4.69, 9.17) is 60.1 Å². The van der Waals surface area contributed by atoms with Crippen LogP contribution in [0.15, 0.2) is 0 Å². The van der Waals surface area contributed by atoms with Crippen molar-refractivity contribution >= 4 is 28.9 Å². The summed E-state index contributed by atoms with van der Waals surface area (Å²) in [4.78, 5) is 0. The molecule has 0 spiro atoms. The Labute approximate surface area is 192 Å². The molecule has 0 aromatic rings. The highest BCUT2D eigenvalue weighted by atomic mass is 35.7. The van der Waals surface area contributed by atoms with Gasteiger partial charge in [0.05, 0.1) is 26.4 Å². The first-order valence-electron chi connectivity index (χ1n) is 11.2. The van der Waals surface area contributed by atoms with Crippen LogP contribution in [0.1, 0.15) is 38.5 Å². The number of rotatable bonds is 8. The summed E-state index contributed by atoms with van der Waals surface area (Å²) in [5, 5.41) is -1.91. The second kappa shape index (κ2) is 6.78. The normalized spacial score (nSPS) is 53.8. The van der Waals surface area contributed by atoms with E-state index in [-0.39, 0.29) is 0 Å². The maximum Gasteiger partial charge on any atom is 0.318 e. The first-order valence-corrected chi connectivity index (χ1v) is 15.2. The van der Waals surface area contributed by atoms with Crippen LogP contribution in [0.5, 0.6) is 0 Å². The quantitative estimate of drug-likeness (QED) is 0.373. The lowest BCUT2D eigenvalue weighted by molar-refractivity contribution is -0.454. The summed E-state index contributed by atoms with van der Waals surface area (Å²) in [5.41, 5.74) is -1.75. The number of methoxy groups -OCH3 is 2. The zero-order valence-corrected chi connectivity index (χ0v) is 20.5. The lowest BCUT2D eigenvalue weighted by Crippen LogP contribution is -2.94. The van der Waals surface area contributed by atoms with Crippen LogP contribution in [-0.4, -0.2) is 93.8 Å². The van der Waals surface area contributed by atoms with Crippen LogP contribution < -0.4 is 0 Å². The summed E-state index contributed by atoms with van der Waals surface area (Å²) in [6.45, 7) is -0.0681. The predicted octanol–water partition coefficient (Wildman–Crippen LogP) is 2.15. The van der Waals surface area contributed by atoms with Crippen molar-refractivity contribution in [3.63, 3.8) is 0 Å². The molecule has 0 amide bonds. The van der Waals surface area contributed by atoms with Crippen molar-refractivity contribution in [3.8, 4) is 0 Å². The smallest absolute Gasteiger partial charge is 0.318 e. The van der Waals surface area contributed by atoms with Crippen LogP contribution in [0.3, 0.4) is 0 Å². The molecule has 6 rings (SSSR count). The second-order valence-corrected chi connectivity index (χ2v) is 16.1. The monoisotopic (exact) mass is 496 g/mol. The van der Waals surface area contributed by atoms with Crippen molar-refractivity contribution in [3.05, 3.63) is 0 Å². The van der Waals surface area contributed by atoms with Crippen molar-refractivity contribution in [2.24, 2.45) is 0 Å². The van der Waals surface area contributed by atoms with E-state index in [2.05, 4.69) is 0 Å². The van der Waals surface area contributed by atoms with E-state index >= 15 is 0 Å². The molecule has 6 aliphatic heterocycles. The van der Waals surface area contributed by atoms with E-state index in [0.717, 1.165) is 0 Å². The Morgan fingerprint density at radius 3 is 0.968 bits per heavy atom. The minimum atomic E-state index is -3.53. The zero-order valence-electron chi connectivity index (χ0n) is 18.0. The van der Waals surface area contributed by atoms with Crippen LogP contribution in [-0.2, 0) is 37.9 Å².